The average Bonchev–Trinajstić information content (AvgIpc) is 3.48. The number of hydrogen-bond donors (Lipinski definition) is 5. The van der Waals surface area contributed by atoms with Crippen LogP contribution >= 0.6 is 23.4 Å². The fourth-order valence-electron chi connectivity index (χ4n) is 7.09. The van der Waals surface area contributed by atoms with E-state index in [0.29, 0.717) is 49.9 Å². The van der Waals surface area contributed by atoms with Crippen LogP contribution in [-0.4, -0.2) is 95.7 Å². The SMILES string of the molecule is COC1CNC(Cl)CC1C1CC(C)NCC1C(=O)NC1NC2CC[C@H](C(=O)N3CC[C@@H](O)C3)CC2S1. The van der Waals surface area contributed by atoms with E-state index in [-0.39, 0.29) is 58.7 Å². The van der Waals surface area contributed by atoms with Crippen LogP contribution < -0.4 is 21.3 Å². The van der Waals surface area contributed by atoms with E-state index in [2.05, 4.69) is 28.2 Å². The number of β-amino-alcohol motifs (C(OH)–C–C–N with tert-alkyl or cyclic N) is 1. The van der Waals surface area contributed by atoms with Gasteiger partial charge in [0.15, 0.2) is 0 Å². The van der Waals surface area contributed by atoms with Gasteiger partial charge in [0.1, 0.15) is 5.50 Å². The van der Waals surface area contributed by atoms with Gasteiger partial charge in [0.05, 0.1) is 23.6 Å². The first-order valence-electron chi connectivity index (χ1n) is 13.6. The Morgan fingerprint density at radius 3 is 2.69 bits per heavy atom. The van der Waals surface area contributed by atoms with Crippen LogP contribution in [-0.2, 0) is 14.3 Å². The third-order valence-electron chi connectivity index (χ3n) is 9.08. The zero-order valence-electron chi connectivity index (χ0n) is 21.3. The Balaban J connectivity index is 1.18. The van der Waals surface area contributed by atoms with Crippen LogP contribution in [0.3, 0.4) is 0 Å². The fourth-order valence-corrected chi connectivity index (χ4v) is 8.92. The van der Waals surface area contributed by atoms with Gasteiger partial charge >= 0.3 is 0 Å². The van der Waals surface area contributed by atoms with Crippen molar-refractivity contribution in [1.29, 1.82) is 0 Å². The second-order valence-electron chi connectivity index (χ2n) is 11.4. The molecule has 0 aromatic carbocycles. The standard InChI is InChI=1S/C25H42ClN5O4S/c1-13-7-16(17-9-22(26)28-11-20(17)35-2)18(10-27-13)23(33)30-25-29-19-4-3-14(8-21(19)36-25)24(34)31-6-5-15(32)12-31/h13-22,25,27-29,32H,3-12H2,1-2H3,(H,30,33)/t13?,14-,15+,16?,17?,18?,19?,20?,21?,22?,25?/m0/s1. The number of carbonyl (C=O) groups excluding carboxylic acids is 2. The molecule has 9 unspecified atom stereocenters. The van der Waals surface area contributed by atoms with Crippen LogP contribution in [0.1, 0.15) is 45.4 Å². The third-order valence-corrected chi connectivity index (χ3v) is 10.8. The second-order valence-corrected chi connectivity index (χ2v) is 13.3. The summed E-state index contributed by atoms with van der Waals surface area (Å²) in [5, 5.41) is 23.8. The lowest BCUT2D eigenvalue weighted by atomic mass is 9.70. The first-order chi connectivity index (χ1) is 17.3. The average molecular weight is 544 g/mol. The number of hydrogen-bond acceptors (Lipinski definition) is 8. The topological polar surface area (TPSA) is 115 Å². The van der Waals surface area contributed by atoms with Crippen molar-refractivity contribution in [2.75, 3.05) is 33.3 Å². The lowest BCUT2D eigenvalue weighted by Crippen LogP contribution is -2.57. The first-order valence-corrected chi connectivity index (χ1v) is 15.0. The van der Waals surface area contributed by atoms with E-state index in [1.165, 1.54) is 0 Å². The molecule has 0 aromatic heterocycles. The predicted octanol–water partition coefficient (Wildman–Crippen LogP) is 0.657. The molecule has 204 valence electrons. The van der Waals surface area contributed by atoms with Gasteiger partial charge in [0.25, 0.3) is 0 Å². The summed E-state index contributed by atoms with van der Waals surface area (Å²) in [6, 6.07) is 0.668. The molecule has 2 amide bonds. The molecule has 11 atom stereocenters. The molecule has 0 aromatic rings. The van der Waals surface area contributed by atoms with Crippen molar-refractivity contribution >= 4 is 35.2 Å². The number of amides is 2. The van der Waals surface area contributed by atoms with Gasteiger partial charge in [-0.15, -0.1) is 23.4 Å². The molecule has 1 saturated carbocycles. The maximum atomic E-state index is 13.6. The monoisotopic (exact) mass is 543 g/mol. The summed E-state index contributed by atoms with van der Waals surface area (Å²) in [5.41, 5.74) is -0.230. The molecule has 11 heteroatoms. The normalized spacial score (nSPS) is 45.3. The number of halogens is 1. The lowest BCUT2D eigenvalue weighted by molar-refractivity contribution is -0.135. The number of carbonyl (C=O) groups is 2. The summed E-state index contributed by atoms with van der Waals surface area (Å²) >= 11 is 8.23. The van der Waals surface area contributed by atoms with E-state index in [1.807, 2.05) is 4.90 Å². The molecule has 4 saturated heterocycles. The number of aliphatic hydroxyl groups is 1. The van der Waals surface area contributed by atoms with E-state index in [4.69, 9.17) is 16.3 Å². The van der Waals surface area contributed by atoms with Gasteiger partial charge in [-0.2, -0.15) is 0 Å². The molecule has 5 aliphatic rings. The molecule has 0 radical (unpaired) electrons. The molecule has 5 N–H and O–H groups in total. The molecule has 0 spiro atoms. The molecule has 4 aliphatic heterocycles. The Kier molecular flexibility index (Phi) is 8.72. The van der Waals surface area contributed by atoms with Crippen LogP contribution in [0.4, 0.5) is 0 Å². The van der Waals surface area contributed by atoms with Crippen molar-refractivity contribution in [2.45, 2.75) is 86.0 Å². The van der Waals surface area contributed by atoms with Gasteiger partial charge in [-0.3, -0.25) is 20.2 Å². The Labute approximate surface area is 223 Å². The highest BCUT2D eigenvalue weighted by Gasteiger charge is 2.46. The Hall–Kier alpha value is -0.620. The number of thioether (sulfide) groups is 1. The number of likely N-dealkylation sites (tertiary alicyclic amines) is 1. The Morgan fingerprint density at radius 1 is 1.11 bits per heavy atom. The summed E-state index contributed by atoms with van der Waals surface area (Å²) in [7, 11) is 1.75. The molecule has 0 bridgehead atoms. The van der Waals surface area contributed by atoms with Crippen molar-refractivity contribution in [1.82, 2.24) is 26.2 Å². The van der Waals surface area contributed by atoms with Gasteiger partial charge in [0, 0.05) is 56.5 Å². The van der Waals surface area contributed by atoms with Crippen molar-refractivity contribution in [3.8, 4) is 0 Å². The number of ether oxygens (including phenoxy) is 1. The number of aliphatic hydroxyl groups excluding tert-OH is 1. The second kappa shape index (κ2) is 11.6. The quantitative estimate of drug-likeness (QED) is 0.254. The highest BCUT2D eigenvalue weighted by molar-refractivity contribution is 8.00. The smallest absolute Gasteiger partial charge is 0.226 e. The molecule has 9 nitrogen and oxygen atoms in total. The number of rotatable bonds is 5. The number of methoxy groups -OCH3 is 1. The van der Waals surface area contributed by atoms with Crippen LogP contribution in [0.5, 0.6) is 0 Å². The van der Waals surface area contributed by atoms with Crippen LogP contribution in [0.2, 0.25) is 0 Å². The predicted molar refractivity (Wildman–Crippen MR) is 140 cm³/mol. The van der Waals surface area contributed by atoms with E-state index in [0.717, 1.165) is 32.1 Å². The number of fused-ring (bicyclic) bond motifs is 1. The summed E-state index contributed by atoms with van der Waals surface area (Å²) in [4.78, 5) is 28.4. The first kappa shape index (κ1) is 27.0. The molecule has 5 rings (SSSR count). The largest absolute Gasteiger partial charge is 0.391 e. The van der Waals surface area contributed by atoms with Crippen molar-refractivity contribution < 1.29 is 19.4 Å². The summed E-state index contributed by atoms with van der Waals surface area (Å²) in [5.74, 6) is 0.606. The van der Waals surface area contributed by atoms with Gasteiger partial charge in [-0.05, 0) is 57.3 Å². The van der Waals surface area contributed by atoms with E-state index < -0.39 is 0 Å². The summed E-state index contributed by atoms with van der Waals surface area (Å²) < 4.78 is 5.80. The molecular formula is C25H42ClN5O4S. The van der Waals surface area contributed by atoms with E-state index in [1.54, 1.807) is 18.9 Å². The van der Waals surface area contributed by atoms with Crippen molar-refractivity contribution in [2.24, 2.45) is 23.7 Å². The maximum absolute atomic E-state index is 13.6. The zero-order chi connectivity index (χ0) is 25.4. The summed E-state index contributed by atoms with van der Waals surface area (Å²) in [6.07, 6.45) is 4.70. The van der Waals surface area contributed by atoms with Crippen LogP contribution in [0, 0.1) is 23.7 Å². The molecule has 4 heterocycles. The van der Waals surface area contributed by atoms with Gasteiger partial charge < -0.3 is 25.4 Å². The molecule has 1 aliphatic carbocycles. The molecule has 5 fully saturated rings. The minimum atomic E-state index is -0.382. The van der Waals surface area contributed by atoms with Gasteiger partial charge in [-0.25, -0.2) is 0 Å². The number of alkyl halides is 1. The number of nitrogens with zero attached hydrogens (tertiary/aromatic N) is 1. The lowest BCUT2D eigenvalue weighted by Gasteiger charge is -2.45. The van der Waals surface area contributed by atoms with E-state index >= 15 is 0 Å². The van der Waals surface area contributed by atoms with Crippen molar-refractivity contribution in [3.05, 3.63) is 0 Å². The minimum Gasteiger partial charge on any atom is -0.391 e. The van der Waals surface area contributed by atoms with E-state index in [9.17, 15) is 14.7 Å². The maximum Gasteiger partial charge on any atom is 0.226 e. The summed E-state index contributed by atoms with van der Waals surface area (Å²) in [6.45, 7) is 4.68. The highest BCUT2D eigenvalue weighted by Crippen LogP contribution is 2.41. The number of piperidine rings is 2. The van der Waals surface area contributed by atoms with Crippen LogP contribution in [0.15, 0.2) is 0 Å². The fraction of sp³-hybridized carbons (Fsp3) is 0.920. The molecular weight excluding hydrogens is 502 g/mol. The highest BCUT2D eigenvalue weighted by atomic mass is 35.5. The Bertz CT molecular complexity index is 810. The van der Waals surface area contributed by atoms with Gasteiger partial charge in [-0.1, -0.05) is 0 Å². The van der Waals surface area contributed by atoms with Crippen LogP contribution in [0.25, 0.3) is 0 Å². The molecule has 36 heavy (non-hydrogen) atoms. The third kappa shape index (κ3) is 5.84. The Morgan fingerprint density at radius 2 is 1.94 bits per heavy atom. The van der Waals surface area contributed by atoms with Crippen molar-refractivity contribution in [3.63, 3.8) is 0 Å². The zero-order valence-corrected chi connectivity index (χ0v) is 22.9. The van der Waals surface area contributed by atoms with Gasteiger partial charge in [0.2, 0.25) is 11.8 Å². The minimum absolute atomic E-state index is 0.0168. The number of nitrogens with one attached hydrogen (secondary N) is 4.